The number of rotatable bonds is 10. The smallest absolute Gasteiger partial charge is 0.296 e. The summed E-state index contributed by atoms with van der Waals surface area (Å²) in [6.07, 6.45) is 0.415. The fourth-order valence-electron chi connectivity index (χ4n) is 2.73. The van der Waals surface area contributed by atoms with Crippen molar-refractivity contribution in [2.75, 3.05) is 13.2 Å². The highest BCUT2D eigenvalue weighted by molar-refractivity contribution is 9.10. The van der Waals surface area contributed by atoms with Crippen LogP contribution in [-0.2, 0) is 31.0 Å². The maximum atomic E-state index is 12.1. The lowest BCUT2D eigenvalue weighted by atomic mass is 10.2. The van der Waals surface area contributed by atoms with E-state index in [9.17, 15) is 16.8 Å². The Kier molecular flexibility index (Phi) is 12.2. The van der Waals surface area contributed by atoms with Crippen molar-refractivity contribution in [2.45, 2.75) is 29.7 Å². The Hall–Kier alpha value is -2.49. The number of ether oxygens (including phenoxy) is 1. The number of aliphatic imine (C=N–C) groups is 1. The van der Waals surface area contributed by atoms with Gasteiger partial charge in [-0.2, -0.15) is 16.8 Å². The van der Waals surface area contributed by atoms with Crippen LogP contribution in [0.1, 0.15) is 17.5 Å². The Labute approximate surface area is 239 Å². The normalized spacial score (nSPS) is 11.3. The Balaban J connectivity index is 0.000000384. The van der Waals surface area contributed by atoms with Crippen molar-refractivity contribution < 1.29 is 30.3 Å². The molecule has 0 radical (unpaired) electrons. The van der Waals surface area contributed by atoms with Crippen LogP contribution < -0.4 is 16.2 Å². The van der Waals surface area contributed by atoms with Gasteiger partial charge in [-0.3, -0.25) is 8.74 Å². The molecule has 0 atom stereocenters. The second kappa shape index (κ2) is 14.6. The molecule has 0 saturated heterocycles. The molecule has 206 valence electrons. The first-order valence-electron chi connectivity index (χ1n) is 10.9. The van der Waals surface area contributed by atoms with Crippen molar-refractivity contribution in [3.63, 3.8) is 0 Å². The van der Waals surface area contributed by atoms with Gasteiger partial charge in [-0.25, -0.2) is 4.99 Å². The minimum atomic E-state index is -4.02. The quantitative estimate of drug-likeness (QED) is 0.0916. The van der Waals surface area contributed by atoms with Gasteiger partial charge in [0.1, 0.15) is 5.75 Å². The molecule has 0 aliphatic carbocycles. The molecule has 38 heavy (non-hydrogen) atoms. The number of aryl methyl sites for hydroxylation is 1. The molecule has 0 aliphatic rings. The summed E-state index contributed by atoms with van der Waals surface area (Å²) in [6.45, 7) is 2.55. The van der Waals surface area contributed by atoms with Gasteiger partial charge in [-0.1, -0.05) is 39.7 Å². The molecular weight excluding hydrogens is 666 g/mol. The third-order valence-electron chi connectivity index (χ3n) is 4.65. The summed E-state index contributed by atoms with van der Waals surface area (Å²) < 4.78 is 65.9. The van der Waals surface area contributed by atoms with Crippen LogP contribution in [0.5, 0.6) is 5.75 Å². The van der Waals surface area contributed by atoms with Crippen molar-refractivity contribution in [2.24, 2.45) is 16.5 Å². The summed E-state index contributed by atoms with van der Waals surface area (Å²) in [4.78, 5) is 3.99. The van der Waals surface area contributed by atoms with E-state index < -0.39 is 20.2 Å². The van der Waals surface area contributed by atoms with Crippen LogP contribution in [0.2, 0.25) is 0 Å². The van der Waals surface area contributed by atoms with Crippen molar-refractivity contribution in [1.82, 2.24) is 0 Å². The molecule has 3 rings (SSSR count). The summed E-state index contributed by atoms with van der Waals surface area (Å²) in [5, 5.41) is 0. The van der Waals surface area contributed by atoms with Gasteiger partial charge in [0.25, 0.3) is 20.2 Å². The zero-order valence-electron chi connectivity index (χ0n) is 20.3. The maximum Gasteiger partial charge on any atom is 0.296 e. The third kappa shape index (κ3) is 11.1. The van der Waals surface area contributed by atoms with Crippen molar-refractivity contribution in [3.8, 4) is 5.75 Å². The number of nitrogens with two attached hydrogens (primary N) is 2. The predicted octanol–water partition coefficient (Wildman–Crippen LogP) is 4.40. The van der Waals surface area contributed by atoms with Crippen LogP contribution in [0.15, 0.2) is 90.5 Å². The maximum absolute atomic E-state index is 12.1. The lowest BCUT2D eigenvalue weighted by Crippen LogP contribution is -2.22. The van der Waals surface area contributed by atoms with Gasteiger partial charge in [-0.05, 0) is 76.9 Å². The summed E-state index contributed by atoms with van der Waals surface area (Å²) in [7, 11) is -7.79. The van der Waals surface area contributed by atoms with Gasteiger partial charge in [0.15, 0.2) is 5.96 Å². The van der Waals surface area contributed by atoms with Gasteiger partial charge in [-0.15, -0.1) is 0 Å². The number of guanidine groups is 1. The van der Waals surface area contributed by atoms with Gasteiger partial charge in [0, 0.05) is 10.9 Å². The Morgan fingerprint density at radius 3 is 2.05 bits per heavy atom. The van der Waals surface area contributed by atoms with E-state index >= 15 is 0 Å². The average molecular weight is 693 g/mol. The topological polar surface area (TPSA) is 171 Å². The van der Waals surface area contributed by atoms with E-state index in [1.165, 1.54) is 24.3 Å². The van der Waals surface area contributed by atoms with Crippen molar-refractivity contribution in [3.05, 3.63) is 86.8 Å². The van der Waals surface area contributed by atoms with Crippen LogP contribution in [0.4, 0.5) is 0 Å². The number of hydrogen-bond acceptors (Lipinski definition) is 7. The van der Waals surface area contributed by atoms with Gasteiger partial charge >= 0.3 is 0 Å². The average Bonchev–Trinajstić information content (AvgIpc) is 2.84. The first-order valence-corrected chi connectivity index (χ1v) is 15.4. The lowest BCUT2D eigenvalue weighted by Gasteiger charge is -2.10. The molecule has 0 aliphatic heterocycles. The molecule has 5 N–H and O–H groups in total. The molecule has 3 aromatic carbocycles. The minimum Gasteiger partial charge on any atom is -0.492 e. The highest BCUT2D eigenvalue weighted by atomic mass is 79.9. The van der Waals surface area contributed by atoms with Gasteiger partial charge < -0.3 is 16.2 Å². The zero-order chi connectivity index (χ0) is 28.3. The van der Waals surface area contributed by atoms with Gasteiger partial charge in [0.05, 0.1) is 34.0 Å². The second-order valence-corrected chi connectivity index (χ2v) is 12.5. The number of hydrogen-bond donors (Lipinski definition) is 3. The molecule has 0 spiro atoms. The largest absolute Gasteiger partial charge is 0.492 e. The first-order chi connectivity index (χ1) is 17.8. The van der Waals surface area contributed by atoms with E-state index in [1.807, 2.05) is 19.1 Å². The predicted molar refractivity (Wildman–Crippen MR) is 152 cm³/mol. The number of halogens is 2. The van der Waals surface area contributed by atoms with E-state index in [4.69, 9.17) is 24.9 Å². The third-order valence-corrected chi connectivity index (χ3v) is 7.99. The molecule has 0 bridgehead atoms. The molecule has 0 heterocycles. The molecule has 10 nitrogen and oxygen atoms in total. The summed E-state index contributed by atoms with van der Waals surface area (Å²) in [6, 6.07) is 17.7. The fourth-order valence-corrected chi connectivity index (χ4v) is 4.96. The lowest BCUT2D eigenvalue weighted by molar-refractivity contribution is 0.250. The first kappa shape index (κ1) is 31.7. The SMILES string of the molecule is Cc1ccc(S(=O)(=O)O)cc1.NC(N)=NCc1ccc(OCCCOS(=O)(=O)c2ccc(Br)cc2)c(Br)c1. The molecule has 0 aromatic heterocycles. The van der Waals surface area contributed by atoms with Crippen LogP contribution in [0.25, 0.3) is 0 Å². The summed E-state index contributed by atoms with van der Waals surface area (Å²) in [5.74, 6) is 0.670. The Morgan fingerprint density at radius 1 is 0.895 bits per heavy atom. The number of nitrogens with zero attached hydrogens (tertiary/aromatic N) is 1. The standard InChI is InChI=1S/C17H19Br2N3O4S.C7H8O3S/c18-13-3-5-14(6-4-13)27(23,24)26-9-1-8-25-16-7-2-12(10-15(16)19)11-22-17(20)21;1-6-2-4-7(5-3-6)11(8,9)10/h2-7,10H,1,8-9,11H2,(H4,20,21,22);2-5H,1H3,(H,8,9,10). The number of benzene rings is 3. The van der Waals surface area contributed by atoms with Crippen LogP contribution in [0, 0.1) is 6.92 Å². The van der Waals surface area contributed by atoms with Crippen molar-refractivity contribution >= 4 is 58.1 Å². The van der Waals surface area contributed by atoms with E-state index in [-0.39, 0.29) is 22.4 Å². The van der Waals surface area contributed by atoms with Crippen LogP contribution in [-0.4, -0.2) is 40.6 Å². The van der Waals surface area contributed by atoms with Gasteiger partial charge in [0.2, 0.25) is 0 Å². The molecule has 0 saturated carbocycles. The second-order valence-electron chi connectivity index (χ2n) is 7.73. The Morgan fingerprint density at radius 2 is 1.50 bits per heavy atom. The molecule has 3 aromatic rings. The Bertz CT molecular complexity index is 1440. The summed E-state index contributed by atoms with van der Waals surface area (Å²) in [5.41, 5.74) is 12.5. The van der Waals surface area contributed by atoms with Crippen molar-refractivity contribution in [1.29, 1.82) is 0 Å². The molecule has 0 fully saturated rings. The van der Waals surface area contributed by atoms with Crippen LogP contribution >= 0.6 is 31.9 Å². The molecule has 14 heteroatoms. The summed E-state index contributed by atoms with van der Waals surface area (Å²) >= 11 is 6.68. The van der Waals surface area contributed by atoms with E-state index in [2.05, 4.69) is 36.9 Å². The monoisotopic (exact) mass is 691 g/mol. The van der Waals surface area contributed by atoms with E-state index in [0.717, 1.165) is 20.1 Å². The molecule has 0 unspecified atom stereocenters. The highest BCUT2D eigenvalue weighted by Crippen LogP contribution is 2.26. The highest BCUT2D eigenvalue weighted by Gasteiger charge is 2.14. The van der Waals surface area contributed by atoms with Crippen LogP contribution in [0.3, 0.4) is 0 Å². The molecule has 0 amide bonds. The zero-order valence-corrected chi connectivity index (χ0v) is 25.1. The molecular formula is C24H27Br2N3O7S2. The van der Waals surface area contributed by atoms with E-state index in [1.54, 1.807) is 30.3 Å². The minimum absolute atomic E-state index is 0.0264. The fraction of sp³-hybridized carbons (Fsp3) is 0.208. The van der Waals surface area contributed by atoms with E-state index in [0.29, 0.717) is 25.3 Å².